The number of nitrogens with two attached hydrogens (primary N) is 1. The van der Waals surface area contributed by atoms with E-state index in [0.29, 0.717) is 5.92 Å². The molecule has 0 radical (unpaired) electrons. The van der Waals surface area contributed by atoms with Crippen LogP contribution in [0.2, 0.25) is 0 Å². The molecule has 0 bridgehead atoms. The van der Waals surface area contributed by atoms with Gasteiger partial charge in [-0.15, -0.1) is 0 Å². The minimum Gasteiger partial charge on any atom is -0.489 e. The van der Waals surface area contributed by atoms with Gasteiger partial charge in [-0.3, -0.25) is 0 Å². The molecule has 0 spiro atoms. The molecule has 112 valence electrons. The van der Waals surface area contributed by atoms with E-state index in [0.717, 1.165) is 24.5 Å². The molecule has 2 heteroatoms. The second kappa shape index (κ2) is 7.12. The molecule has 20 heavy (non-hydrogen) atoms. The number of hydrogen-bond acceptors (Lipinski definition) is 2. The van der Waals surface area contributed by atoms with Crippen LogP contribution in [0, 0.1) is 5.92 Å². The van der Waals surface area contributed by atoms with Crippen LogP contribution in [-0.2, 0) is 0 Å². The van der Waals surface area contributed by atoms with Gasteiger partial charge in [-0.1, -0.05) is 51.8 Å². The van der Waals surface area contributed by atoms with Crippen molar-refractivity contribution in [3.05, 3.63) is 29.8 Å². The highest BCUT2D eigenvalue weighted by atomic mass is 16.5. The molecule has 1 aromatic carbocycles. The summed E-state index contributed by atoms with van der Waals surface area (Å²) in [6.45, 7) is 6.68. The van der Waals surface area contributed by atoms with E-state index in [1.807, 2.05) is 0 Å². The lowest BCUT2D eigenvalue weighted by molar-refractivity contribution is 0.0981. The first kappa shape index (κ1) is 15.4. The summed E-state index contributed by atoms with van der Waals surface area (Å²) in [5, 5.41) is 0. The third kappa shape index (κ3) is 3.76. The molecule has 1 aromatic rings. The normalized spacial score (nSPS) is 26.8. The van der Waals surface area contributed by atoms with Crippen molar-refractivity contribution in [1.29, 1.82) is 0 Å². The average Bonchev–Trinajstić information content (AvgIpc) is 2.43. The molecule has 3 atom stereocenters. The maximum Gasteiger partial charge on any atom is 0.123 e. The van der Waals surface area contributed by atoms with Crippen molar-refractivity contribution in [1.82, 2.24) is 0 Å². The molecule has 0 saturated heterocycles. The molecule has 0 aliphatic heterocycles. The minimum absolute atomic E-state index is 0.181. The number of para-hydroxylation sites is 1. The van der Waals surface area contributed by atoms with Gasteiger partial charge in [-0.2, -0.15) is 0 Å². The number of ether oxygens (including phenoxy) is 1. The van der Waals surface area contributed by atoms with E-state index in [4.69, 9.17) is 10.5 Å². The molecule has 1 aliphatic carbocycles. The van der Waals surface area contributed by atoms with Gasteiger partial charge in [0.25, 0.3) is 0 Å². The van der Waals surface area contributed by atoms with Crippen LogP contribution in [0.15, 0.2) is 24.3 Å². The highest BCUT2D eigenvalue weighted by Crippen LogP contribution is 2.33. The van der Waals surface area contributed by atoms with Crippen molar-refractivity contribution in [3.8, 4) is 5.75 Å². The molecule has 2 N–H and O–H groups in total. The maximum absolute atomic E-state index is 6.31. The summed E-state index contributed by atoms with van der Waals surface area (Å²) in [6.07, 6.45) is 6.22. The summed E-state index contributed by atoms with van der Waals surface area (Å²) in [6, 6.07) is 8.58. The van der Waals surface area contributed by atoms with Crippen LogP contribution >= 0.6 is 0 Å². The number of benzene rings is 1. The monoisotopic (exact) mass is 275 g/mol. The maximum atomic E-state index is 6.31. The second-order valence-electron chi connectivity index (χ2n) is 6.48. The summed E-state index contributed by atoms with van der Waals surface area (Å²) >= 11 is 0. The van der Waals surface area contributed by atoms with Gasteiger partial charge < -0.3 is 10.5 Å². The van der Waals surface area contributed by atoms with Gasteiger partial charge in [-0.05, 0) is 42.7 Å². The van der Waals surface area contributed by atoms with E-state index in [2.05, 4.69) is 45.0 Å². The molecule has 0 aromatic heterocycles. The van der Waals surface area contributed by atoms with Gasteiger partial charge in [0, 0.05) is 6.04 Å². The van der Waals surface area contributed by atoms with Crippen LogP contribution in [0.4, 0.5) is 0 Å². The Hall–Kier alpha value is -1.02. The molecule has 1 saturated carbocycles. The molecular formula is C18H29NO. The average molecular weight is 275 g/mol. The van der Waals surface area contributed by atoms with E-state index in [-0.39, 0.29) is 12.1 Å². The molecule has 3 unspecified atom stereocenters. The Bertz CT molecular complexity index is 416. The third-order valence-electron chi connectivity index (χ3n) is 4.47. The molecule has 0 heterocycles. The zero-order valence-corrected chi connectivity index (χ0v) is 13.1. The van der Waals surface area contributed by atoms with Crippen molar-refractivity contribution >= 4 is 0 Å². The quantitative estimate of drug-likeness (QED) is 0.859. The first-order valence-electron chi connectivity index (χ1n) is 8.13. The number of hydrogen-bond donors (Lipinski definition) is 1. The Labute approximate surface area is 123 Å². The Balaban J connectivity index is 2.07. The summed E-state index contributed by atoms with van der Waals surface area (Å²) in [5.74, 6) is 2.30. The second-order valence-corrected chi connectivity index (χ2v) is 6.48. The van der Waals surface area contributed by atoms with Crippen molar-refractivity contribution < 1.29 is 4.74 Å². The van der Waals surface area contributed by atoms with Gasteiger partial charge in [-0.25, -0.2) is 0 Å². The fourth-order valence-corrected chi connectivity index (χ4v) is 3.27. The highest BCUT2D eigenvalue weighted by Gasteiger charge is 2.29. The first-order chi connectivity index (χ1) is 9.61. The van der Waals surface area contributed by atoms with Crippen LogP contribution in [0.25, 0.3) is 0 Å². The molecule has 2 rings (SSSR count). The van der Waals surface area contributed by atoms with Gasteiger partial charge in [0.2, 0.25) is 0 Å². The fraction of sp³-hybridized carbons (Fsp3) is 0.667. The van der Waals surface area contributed by atoms with E-state index in [1.165, 1.54) is 24.8 Å². The van der Waals surface area contributed by atoms with E-state index >= 15 is 0 Å². The predicted octanol–water partition coefficient (Wildman–Crippen LogP) is 4.48. The minimum atomic E-state index is 0.181. The summed E-state index contributed by atoms with van der Waals surface area (Å²) in [4.78, 5) is 0. The van der Waals surface area contributed by atoms with Crippen LogP contribution in [0.3, 0.4) is 0 Å². The summed E-state index contributed by atoms with van der Waals surface area (Å²) < 4.78 is 6.31. The fourth-order valence-electron chi connectivity index (χ4n) is 3.27. The van der Waals surface area contributed by atoms with E-state index in [9.17, 15) is 0 Å². The van der Waals surface area contributed by atoms with Gasteiger partial charge in [0.1, 0.15) is 11.9 Å². The van der Waals surface area contributed by atoms with Gasteiger partial charge in [0.05, 0.1) is 0 Å². The Kier molecular flexibility index (Phi) is 5.47. The van der Waals surface area contributed by atoms with Crippen molar-refractivity contribution in [2.24, 2.45) is 11.7 Å². The first-order valence-corrected chi connectivity index (χ1v) is 8.13. The van der Waals surface area contributed by atoms with Crippen LogP contribution in [-0.4, -0.2) is 12.1 Å². The largest absolute Gasteiger partial charge is 0.489 e. The topological polar surface area (TPSA) is 35.2 Å². The third-order valence-corrected chi connectivity index (χ3v) is 4.47. The van der Waals surface area contributed by atoms with Crippen LogP contribution in [0.5, 0.6) is 5.75 Å². The van der Waals surface area contributed by atoms with Crippen LogP contribution < -0.4 is 10.5 Å². The summed E-state index contributed by atoms with van der Waals surface area (Å²) in [7, 11) is 0. The Morgan fingerprint density at radius 2 is 2.00 bits per heavy atom. The van der Waals surface area contributed by atoms with Crippen LogP contribution in [0.1, 0.15) is 64.4 Å². The Morgan fingerprint density at radius 1 is 1.25 bits per heavy atom. The summed E-state index contributed by atoms with van der Waals surface area (Å²) in [5.41, 5.74) is 7.58. The molecular weight excluding hydrogens is 246 g/mol. The van der Waals surface area contributed by atoms with E-state index < -0.39 is 0 Å². The van der Waals surface area contributed by atoms with Crippen molar-refractivity contribution in [2.75, 3.05) is 0 Å². The highest BCUT2D eigenvalue weighted by molar-refractivity contribution is 5.35. The van der Waals surface area contributed by atoms with E-state index in [1.54, 1.807) is 0 Å². The molecule has 1 fully saturated rings. The molecule has 2 nitrogen and oxygen atoms in total. The van der Waals surface area contributed by atoms with Gasteiger partial charge >= 0.3 is 0 Å². The van der Waals surface area contributed by atoms with Crippen molar-refractivity contribution in [3.63, 3.8) is 0 Å². The zero-order valence-electron chi connectivity index (χ0n) is 13.1. The lowest BCUT2D eigenvalue weighted by Crippen LogP contribution is -2.44. The smallest absolute Gasteiger partial charge is 0.123 e. The molecule has 0 amide bonds. The van der Waals surface area contributed by atoms with Crippen molar-refractivity contribution in [2.45, 2.75) is 70.9 Å². The van der Waals surface area contributed by atoms with Gasteiger partial charge in [0.15, 0.2) is 0 Å². The SMILES string of the molecule is CCCC1CCC(N)C(Oc2ccccc2C(C)C)C1. The zero-order chi connectivity index (χ0) is 14.5. The standard InChI is InChI=1S/C18H29NO/c1-4-7-14-10-11-16(19)18(12-14)20-17-9-6-5-8-15(17)13(2)3/h5-6,8-9,13-14,16,18H,4,7,10-12,19H2,1-3H3. The lowest BCUT2D eigenvalue weighted by atomic mass is 9.82. The predicted molar refractivity (Wildman–Crippen MR) is 85.2 cm³/mol. The number of rotatable bonds is 5. The Morgan fingerprint density at radius 3 is 2.70 bits per heavy atom. The lowest BCUT2D eigenvalue weighted by Gasteiger charge is -2.35. The molecule has 1 aliphatic rings.